The van der Waals surface area contributed by atoms with Crippen molar-refractivity contribution < 1.29 is 19.0 Å². The standard InChI is InChI=1S/C16H17NO4/c1-19-12-6-4-5-11(9-12)17-16(18)14-8-7-13(20-2)10-15(14)21-3/h4-10H,1-3H3,(H,17,18). The van der Waals surface area contributed by atoms with E-state index in [1.165, 1.54) is 7.11 Å². The summed E-state index contributed by atoms with van der Waals surface area (Å²) in [6.07, 6.45) is 0. The molecule has 2 aromatic rings. The lowest BCUT2D eigenvalue weighted by atomic mass is 10.1. The summed E-state index contributed by atoms with van der Waals surface area (Å²) in [5.41, 5.74) is 1.08. The van der Waals surface area contributed by atoms with Crippen LogP contribution < -0.4 is 19.5 Å². The number of carbonyl (C=O) groups excluding carboxylic acids is 1. The van der Waals surface area contributed by atoms with E-state index in [0.29, 0.717) is 28.5 Å². The highest BCUT2D eigenvalue weighted by molar-refractivity contribution is 6.06. The van der Waals surface area contributed by atoms with Crippen LogP contribution in [0.2, 0.25) is 0 Å². The van der Waals surface area contributed by atoms with Crippen LogP contribution >= 0.6 is 0 Å². The molecule has 0 unspecified atom stereocenters. The number of anilines is 1. The maximum Gasteiger partial charge on any atom is 0.259 e. The van der Waals surface area contributed by atoms with Crippen molar-refractivity contribution in [2.24, 2.45) is 0 Å². The minimum absolute atomic E-state index is 0.261. The Morgan fingerprint density at radius 3 is 2.29 bits per heavy atom. The fourth-order valence-corrected chi connectivity index (χ4v) is 1.89. The fourth-order valence-electron chi connectivity index (χ4n) is 1.89. The van der Waals surface area contributed by atoms with Gasteiger partial charge in [-0.25, -0.2) is 0 Å². The molecule has 0 spiro atoms. The van der Waals surface area contributed by atoms with E-state index in [1.54, 1.807) is 50.6 Å². The predicted octanol–water partition coefficient (Wildman–Crippen LogP) is 2.96. The number of methoxy groups -OCH3 is 3. The molecule has 1 N–H and O–H groups in total. The molecule has 2 rings (SSSR count). The Labute approximate surface area is 123 Å². The Morgan fingerprint density at radius 1 is 0.905 bits per heavy atom. The second-order valence-electron chi connectivity index (χ2n) is 4.25. The van der Waals surface area contributed by atoms with Crippen LogP contribution in [0, 0.1) is 0 Å². The maximum absolute atomic E-state index is 12.3. The van der Waals surface area contributed by atoms with Gasteiger partial charge in [0.15, 0.2) is 0 Å². The summed E-state index contributed by atoms with van der Waals surface area (Å²) < 4.78 is 15.5. The van der Waals surface area contributed by atoms with Crippen LogP contribution in [0.15, 0.2) is 42.5 Å². The van der Waals surface area contributed by atoms with Crippen molar-refractivity contribution in [2.45, 2.75) is 0 Å². The molecule has 0 saturated carbocycles. The van der Waals surface area contributed by atoms with Crippen LogP contribution in [0.5, 0.6) is 17.2 Å². The van der Waals surface area contributed by atoms with E-state index in [0.717, 1.165) is 0 Å². The van der Waals surface area contributed by atoms with Crippen LogP contribution in [0.25, 0.3) is 0 Å². The molecule has 0 aliphatic carbocycles. The zero-order valence-corrected chi connectivity index (χ0v) is 12.2. The Morgan fingerprint density at radius 2 is 1.62 bits per heavy atom. The molecule has 0 atom stereocenters. The van der Waals surface area contributed by atoms with Crippen molar-refractivity contribution in [1.29, 1.82) is 0 Å². The van der Waals surface area contributed by atoms with Gasteiger partial charge in [-0.15, -0.1) is 0 Å². The van der Waals surface area contributed by atoms with E-state index < -0.39 is 0 Å². The Hall–Kier alpha value is -2.69. The summed E-state index contributed by atoms with van der Waals surface area (Å²) in [6, 6.07) is 12.2. The van der Waals surface area contributed by atoms with Crippen molar-refractivity contribution in [1.82, 2.24) is 0 Å². The van der Waals surface area contributed by atoms with E-state index in [9.17, 15) is 4.79 Å². The van der Waals surface area contributed by atoms with E-state index >= 15 is 0 Å². The van der Waals surface area contributed by atoms with Crippen LogP contribution in [0.1, 0.15) is 10.4 Å². The van der Waals surface area contributed by atoms with Gasteiger partial charge in [-0.05, 0) is 24.3 Å². The zero-order chi connectivity index (χ0) is 15.2. The second kappa shape index (κ2) is 6.65. The molecule has 21 heavy (non-hydrogen) atoms. The molecule has 0 aromatic heterocycles. The first-order valence-electron chi connectivity index (χ1n) is 6.35. The highest BCUT2D eigenvalue weighted by atomic mass is 16.5. The van der Waals surface area contributed by atoms with Crippen LogP contribution in [0.4, 0.5) is 5.69 Å². The largest absolute Gasteiger partial charge is 0.497 e. The predicted molar refractivity (Wildman–Crippen MR) is 80.5 cm³/mol. The van der Waals surface area contributed by atoms with E-state index in [-0.39, 0.29) is 5.91 Å². The van der Waals surface area contributed by atoms with Gasteiger partial charge in [0.25, 0.3) is 5.91 Å². The first-order valence-corrected chi connectivity index (χ1v) is 6.35. The van der Waals surface area contributed by atoms with E-state index in [4.69, 9.17) is 14.2 Å². The van der Waals surface area contributed by atoms with Crippen LogP contribution in [-0.2, 0) is 0 Å². The lowest BCUT2D eigenvalue weighted by Gasteiger charge is -2.11. The highest BCUT2D eigenvalue weighted by Gasteiger charge is 2.13. The number of benzene rings is 2. The minimum atomic E-state index is -0.261. The third kappa shape index (κ3) is 3.45. The van der Waals surface area contributed by atoms with Gasteiger partial charge in [-0.3, -0.25) is 4.79 Å². The molecule has 0 aliphatic rings. The number of rotatable bonds is 5. The summed E-state index contributed by atoms with van der Waals surface area (Å²) in [5.74, 6) is 1.50. The van der Waals surface area contributed by atoms with Crippen molar-refractivity contribution in [2.75, 3.05) is 26.6 Å². The van der Waals surface area contributed by atoms with Gasteiger partial charge in [-0.2, -0.15) is 0 Å². The monoisotopic (exact) mass is 287 g/mol. The molecule has 0 aliphatic heterocycles. The fraction of sp³-hybridized carbons (Fsp3) is 0.188. The summed E-state index contributed by atoms with van der Waals surface area (Å²) in [4.78, 5) is 12.3. The summed E-state index contributed by atoms with van der Waals surface area (Å²) in [6.45, 7) is 0. The number of hydrogen-bond donors (Lipinski definition) is 1. The minimum Gasteiger partial charge on any atom is -0.497 e. The lowest BCUT2D eigenvalue weighted by molar-refractivity contribution is 0.102. The van der Waals surface area contributed by atoms with Gasteiger partial charge in [0.05, 0.1) is 26.9 Å². The number of nitrogens with one attached hydrogen (secondary N) is 1. The van der Waals surface area contributed by atoms with Gasteiger partial charge in [-0.1, -0.05) is 6.07 Å². The molecule has 110 valence electrons. The Bertz CT molecular complexity index is 640. The molecule has 0 fully saturated rings. The average Bonchev–Trinajstić information content (AvgIpc) is 2.54. The van der Waals surface area contributed by atoms with Crippen LogP contribution in [-0.4, -0.2) is 27.2 Å². The molecule has 0 heterocycles. The molecular weight excluding hydrogens is 270 g/mol. The molecule has 1 amide bonds. The van der Waals surface area contributed by atoms with Crippen LogP contribution in [0.3, 0.4) is 0 Å². The first kappa shape index (κ1) is 14.7. The topological polar surface area (TPSA) is 56.8 Å². The van der Waals surface area contributed by atoms with Crippen molar-refractivity contribution in [3.8, 4) is 17.2 Å². The number of carbonyl (C=O) groups is 1. The number of ether oxygens (including phenoxy) is 3. The third-order valence-corrected chi connectivity index (χ3v) is 2.98. The molecule has 0 saturated heterocycles. The molecular formula is C16H17NO4. The summed E-state index contributed by atoms with van der Waals surface area (Å²) in [5, 5.41) is 2.81. The van der Waals surface area contributed by atoms with Crippen molar-refractivity contribution in [3.05, 3.63) is 48.0 Å². The summed E-state index contributed by atoms with van der Waals surface area (Å²) in [7, 11) is 4.65. The van der Waals surface area contributed by atoms with Crippen molar-refractivity contribution >= 4 is 11.6 Å². The molecule has 5 heteroatoms. The molecule has 5 nitrogen and oxygen atoms in total. The van der Waals surface area contributed by atoms with Gasteiger partial charge in [0.2, 0.25) is 0 Å². The normalized spacial score (nSPS) is 9.86. The average molecular weight is 287 g/mol. The SMILES string of the molecule is COc1cccc(NC(=O)c2ccc(OC)cc2OC)c1. The zero-order valence-electron chi connectivity index (χ0n) is 12.2. The number of hydrogen-bond acceptors (Lipinski definition) is 4. The highest BCUT2D eigenvalue weighted by Crippen LogP contribution is 2.26. The van der Waals surface area contributed by atoms with E-state index in [2.05, 4.69) is 5.32 Å². The smallest absolute Gasteiger partial charge is 0.259 e. The maximum atomic E-state index is 12.3. The van der Waals surface area contributed by atoms with Gasteiger partial charge >= 0.3 is 0 Å². The Kier molecular flexibility index (Phi) is 4.66. The first-order chi connectivity index (χ1) is 10.2. The lowest BCUT2D eigenvalue weighted by Crippen LogP contribution is -2.13. The molecule has 0 radical (unpaired) electrons. The van der Waals surface area contributed by atoms with Gasteiger partial charge in [0.1, 0.15) is 17.2 Å². The quantitative estimate of drug-likeness (QED) is 0.918. The van der Waals surface area contributed by atoms with E-state index in [1.807, 2.05) is 6.07 Å². The second-order valence-corrected chi connectivity index (χ2v) is 4.25. The summed E-state index contributed by atoms with van der Waals surface area (Å²) >= 11 is 0. The van der Waals surface area contributed by atoms with Crippen molar-refractivity contribution in [3.63, 3.8) is 0 Å². The third-order valence-electron chi connectivity index (χ3n) is 2.98. The Balaban J connectivity index is 2.23. The van der Waals surface area contributed by atoms with Gasteiger partial charge in [0, 0.05) is 17.8 Å². The van der Waals surface area contributed by atoms with Gasteiger partial charge < -0.3 is 19.5 Å². The molecule has 0 bridgehead atoms. The number of amides is 1. The molecule has 2 aromatic carbocycles.